The van der Waals surface area contributed by atoms with E-state index in [1.807, 2.05) is 43.3 Å². The van der Waals surface area contributed by atoms with Gasteiger partial charge in [0.05, 0.1) is 5.69 Å². The van der Waals surface area contributed by atoms with Crippen molar-refractivity contribution in [3.8, 4) is 0 Å². The van der Waals surface area contributed by atoms with Crippen molar-refractivity contribution in [2.24, 2.45) is 10.3 Å². The summed E-state index contributed by atoms with van der Waals surface area (Å²) >= 11 is 3.37. The van der Waals surface area contributed by atoms with Crippen LogP contribution in [0.4, 0.5) is 11.5 Å². The van der Waals surface area contributed by atoms with Gasteiger partial charge in [-0.2, -0.15) is 0 Å². The molecule has 0 saturated heterocycles. The van der Waals surface area contributed by atoms with Gasteiger partial charge in [-0.15, -0.1) is 5.11 Å². The summed E-state index contributed by atoms with van der Waals surface area (Å²) in [5.41, 5.74) is 4.81. The molecule has 2 aromatic rings. The van der Waals surface area contributed by atoms with E-state index in [2.05, 4.69) is 36.7 Å². The summed E-state index contributed by atoms with van der Waals surface area (Å²) in [5, 5.41) is 7.82. The smallest absolute Gasteiger partial charge is 0.176 e. The molecule has 0 amide bonds. The molecule has 1 N–H and O–H groups in total. The minimum atomic E-state index is 0.584. The minimum absolute atomic E-state index is 0.584. The lowest BCUT2D eigenvalue weighted by Crippen LogP contribution is -1.85. The van der Waals surface area contributed by atoms with Gasteiger partial charge < -0.3 is 0 Å². The Morgan fingerprint density at radius 3 is 2.53 bits per heavy atom. The van der Waals surface area contributed by atoms with Crippen molar-refractivity contribution < 1.29 is 0 Å². The third kappa shape index (κ3) is 3.64. The van der Waals surface area contributed by atoms with Gasteiger partial charge in [0.2, 0.25) is 0 Å². The van der Waals surface area contributed by atoms with Crippen molar-refractivity contribution in [3.63, 3.8) is 0 Å². The highest BCUT2D eigenvalue weighted by molar-refractivity contribution is 9.10. The number of nitrogens with zero attached hydrogens (tertiary/aromatic N) is 3. The number of aromatic nitrogens is 1. The highest BCUT2D eigenvalue weighted by Gasteiger charge is 1.91. The van der Waals surface area contributed by atoms with Crippen LogP contribution in [0.5, 0.6) is 0 Å². The average Bonchev–Trinajstić information content (AvgIpc) is 2.34. The lowest BCUT2D eigenvalue weighted by molar-refractivity contribution is 1.08. The Balaban J connectivity index is 1.97. The van der Waals surface area contributed by atoms with E-state index in [9.17, 15) is 0 Å². The summed E-state index contributed by atoms with van der Waals surface area (Å²) in [4.78, 5) is 4.12. The van der Waals surface area contributed by atoms with E-state index in [1.54, 1.807) is 6.20 Å². The monoisotopic (exact) mass is 290 g/mol. The lowest BCUT2D eigenvalue weighted by atomic mass is 10.3. The standard InChI is InChI=1S/C12H11BrN4/c1-9-2-7-12(14-8-9)16-17-15-11-5-3-10(13)4-6-11/h2-8H,1H3,(H,14,15,16). The van der Waals surface area contributed by atoms with Crippen molar-refractivity contribution in [2.45, 2.75) is 6.92 Å². The number of anilines is 1. The van der Waals surface area contributed by atoms with Crippen LogP contribution in [0.25, 0.3) is 0 Å². The molecule has 0 atom stereocenters. The molecule has 1 aromatic carbocycles. The summed E-state index contributed by atoms with van der Waals surface area (Å²) in [6, 6.07) is 11.4. The van der Waals surface area contributed by atoms with E-state index in [-0.39, 0.29) is 0 Å². The van der Waals surface area contributed by atoms with E-state index in [0.717, 1.165) is 15.7 Å². The Morgan fingerprint density at radius 2 is 1.88 bits per heavy atom. The van der Waals surface area contributed by atoms with Crippen LogP contribution in [0.2, 0.25) is 0 Å². The molecule has 1 aromatic heterocycles. The first-order chi connectivity index (χ1) is 8.24. The molecular weight excluding hydrogens is 280 g/mol. The minimum Gasteiger partial charge on any atom is -0.260 e. The normalized spacial score (nSPS) is 10.7. The SMILES string of the molecule is Cc1ccc(N=NNc2ccc(Br)cc2)nc1. The molecule has 0 aliphatic rings. The number of benzene rings is 1. The number of rotatable bonds is 3. The van der Waals surface area contributed by atoms with Gasteiger partial charge in [-0.25, -0.2) is 4.98 Å². The van der Waals surface area contributed by atoms with Gasteiger partial charge in [-0.1, -0.05) is 27.2 Å². The van der Waals surface area contributed by atoms with Gasteiger partial charge in [0.15, 0.2) is 5.82 Å². The Bertz CT molecular complexity index is 505. The van der Waals surface area contributed by atoms with Gasteiger partial charge in [0.1, 0.15) is 0 Å². The molecule has 0 aliphatic heterocycles. The fraction of sp³-hybridized carbons (Fsp3) is 0.0833. The molecule has 0 spiro atoms. The fourth-order valence-electron chi connectivity index (χ4n) is 1.18. The highest BCUT2D eigenvalue weighted by Crippen LogP contribution is 2.14. The molecule has 5 heteroatoms. The third-order valence-corrected chi connectivity index (χ3v) is 2.60. The van der Waals surface area contributed by atoms with E-state index < -0.39 is 0 Å². The second-order valence-electron chi connectivity index (χ2n) is 3.51. The summed E-state index contributed by atoms with van der Waals surface area (Å²) in [6.45, 7) is 1.98. The molecular formula is C12H11BrN4. The quantitative estimate of drug-likeness (QED) is 0.678. The molecule has 0 unspecified atom stereocenters. The van der Waals surface area contributed by atoms with E-state index >= 15 is 0 Å². The van der Waals surface area contributed by atoms with Crippen LogP contribution in [0, 0.1) is 6.92 Å². The first kappa shape index (κ1) is 11.7. The summed E-state index contributed by atoms with van der Waals surface area (Å²) < 4.78 is 1.03. The van der Waals surface area contributed by atoms with Gasteiger partial charge in [-0.05, 0) is 42.8 Å². The summed E-state index contributed by atoms with van der Waals surface area (Å²) in [5.74, 6) is 0.584. The van der Waals surface area contributed by atoms with Crippen molar-refractivity contribution in [3.05, 3.63) is 52.6 Å². The fourth-order valence-corrected chi connectivity index (χ4v) is 1.44. The van der Waals surface area contributed by atoms with Gasteiger partial charge in [0.25, 0.3) is 0 Å². The van der Waals surface area contributed by atoms with Gasteiger partial charge in [0, 0.05) is 10.7 Å². The zero-order valence-electron chi connectivity index (χ0n) is 9.26. The molecule has 17 heavy (non-hydrogen) atoms. The maximum atomic E-state index is 4.12. The number of nitrogens with one attached hydrogen (secondary N) is 1. The second-order valence-corrected chi connectivity index (χ2v) is 4.43. The molecule has 4 nitrogen and oxygen atoms in total. The van der Waals surface area contributed by atoms with E-state index in [1.165, 1.54) is 0 Å². The number of halogens is 1. The molecule has 0 saturated carbocycles. The number of hydrogen-bond acceptors (Lipinski definition) is 3. The maximum Gasteiger partial charge on any atom is 0.176 e. The average molecular weight is 291 g/mol. The first-order valence-corrected chi connectivity index (χ1v) is 5.88. The van der Waals surface area contributed by atoms with Crippen molar-refractivity contribution in [2.75, 3.05) is 5.43 Å². The largest absolute Gasteiger partial charge is 0.260 e. The first-order valence-electron chi connectivity index (χ1n) is 5.09. The number of pyridine rings is 1. The zero-order valence-corrected chi connectivity index (χ0v) is 10.8. The molecule has 0 bridgehead atoms. The Labute approximate surface area is 108 Å². The van der Waals surface area contributed by atoms with Crippen LogP contribution >= 0.6 is 15.9 Å². The lowest BCUT2D eigenvalue weighted by Gasteiger charge is -1.98. The number of aryl methyl sites for hydroxylation is 1. The van der Waals surface area contributed by atoms with E-state index in [0.29, 0.717) is 5.82 Å². The predicted octanol–water partition coefficient (Wildman–Crippen LogP) is 4.26. The van der Waals surface area contributed by atoms with Crippen LogP contribution in [0.3, 0.4) is 0 Å². The van der Waals surface area contributed by atoms with Crippen LogP contribution in [-0.4, -0.2) is 4.98 Å². The third-order valence-electron chi connectivity index (χ3n) is 2.07. The van der Waals surface area contributed by atoms with Crippen molar-refractivity contribution in [1.29, 1.82) is 0 Å². The molecule has 0 fully saturated rings. The molecule has 0 aliphatic carbocycles. The molecule has 2 rings (SSSR count). The van der Waals surface area contributed by atoms with Gasteiger partial charge >= 0.3 is 0 Å². The van der Waals surface area contributed by atoms with E-state index in [4.69, 9.17) is 0 Å². The Hall–Kier alpha value is -1.75. The van der Waals surface area contributed by atoms with Crippen LogP contribution < -0.4 is 5.43 Å². The molecule has 86 valence electrons. The van der Waals surface area contributed by atoms with Crippen molar-refractivity contribution in [1.82, 2.24) is 4.98 Å². The highest BCUT2D eigenvalue weighted by atomic mass is 79.9. The summed E-state index contributed by atoms with van der Waals surface area (Å²) in [7, 11) is 0. The van der Waals surface area contributed by atoms with Crippen LogP contribution in [0.15, 0.2) is 57.4 Å². The van der Waals surface area contributed by atoms with Gasteiger partial charge in [-0.3, -0.25) is 5.43 Å². The Kier molecular flexibility index (Phi) is 3.82. The second kappa shape index (κ2) is 5.54. The summed E-state index contributed by atoms with van der Waals surface area (Å²) in [6.07, 6.45) is 1.76. The predicted molar refractivity (Wildman–Crippen MR) is 71.3 cm³/mol. The Morgan fingerprint density at radius 1 is 1.12 bits per heavy atom. The molecule has 1 heterocycles. The van der Waals surface area contributed by atoms with Crippen LogP contribution in [0.1, 0.15) is 5.56 Å². The molecule has 0 radical (unpaired) electrons. The number of hydrogen-bond donors (Lipinski definition) is 1. The maximum absolute atomic E-state index is 4.12. The van der Waals surface area contributed by atoms with Crippen LogP contribution in [-0.2, 0) is 0 Å². The van der Waals surface area contributed by atoms with Crippen molar-refractivity contribution >= 4 is 27.4 Å². The topological polar surface area (TPSA) is 49.6 Å². The zero-order chi connectivity index (χ0) is 12.1.